The van der Waals surface area contributed by atoms with E-state index in [2.05, 4.69) is 10.3 Å². The molecular formula is C14H11N3O3. The standard InChI is InChI=1S/C14H11N3O3/c1-17-8-11(7-15-17)9-2-4-10(5-3-9)12-6-13(14(18)19)20-16-12/h2-8H,1H3,(H,18,19). The van der Waals surface area contributed by atoms with E-state index in [9.17, 15) is 4.79 Å². The molecule has 0 unspecified atom stereocenters. The first-order chi connectivity index (χ1) is 9.63. The number of carboxylic acids is 1. The van der Waals surface area contributed by atoms with E-state index in [1.54, 1.807) is 10.9 Å². The molecule has 1 aromatic carbocycles. The van der Waals surface area contributed by atoms with Gasteiger partial charge < -0.3 is 9.63 Å². The number of rotatable bonds is 3. The van der Waals surface area contributed by atoms with Crippen LogP contribution in [0.2, 0.25) is 0 Å². The Morgan fingerprint density at radius 1 is 1.20 bits per heavy atom. The molecule has 0 radical (unpaired) electrons. The molecule has 3 rings (SSSR count). The summed E-state index contributed by atoms with van der Waals surface area (Å²) in [5.41, 5.74) is 3.35. The largest absolute Gasteiger partial charge is 0.475 e. The normalized spacial score (nSPS) is 10.7. The summed E-state index contributed by atoms with van der Waals surface area (Å²) < 4.78 is 6.47. The molecule has 1 N–H and O–H groups in total. The Morgan fingerprint density at radius 3 is 2.45 bits per heavy atom. The quantitative estimate of drug-likeness (QED) is 0.789. The number of hydrogen-bond acceptors (Lipinski definition) is 4. The van der Waals surface area contributed by atoms with Crippen molar-refractivity contribution in [1.82, 2.24) is 14.9 Å². The van der Waals surface area contributed by atoms with Gasteiger partial charge in [0.05, 0.1) is 6.20 Å². The van der Waals surface area contributed by atoms with E-state index >= 15 is 0 Å². The van der Waals surface area contributed by atoms with Gasteiger partial charge in [0.2, 0.25) is 5.76 Å². The van der Waals surface area contributed by atoms with Gasteiger partial charge in [-0.15, -0.1) is 0 Å². The van der Waals surface area contributed by atoms with Crippen LogP contribution >= 0.6 is 0 Å². The second-order valence-electron chi connectivity index (χ2n) is 4.36. The molecule has 0 saturated carbocycles. The van der Waals surface area contributed by atoms with Crippen LogP contribution in [0.15, 0.2) is 47.2 Å². The fourth-order valence-electron chi connectivity index (χ4n) is 1.92. The molecule has 2 aromatic heterocycles. The van der Waals surface area contributed by atoms with E-state index in [1.165, 1.54) is 6.07 Å². The zero-order valence-electron chi connectivity index (χ0n) is 10.6. The topological polar surface area (TPSA) is 81.2 Å². The lowest BCUT2D eigenvalue weighted by Crippen LogP contribution is -1.91. The van der Waals surface area contributed by atoms with Crippen LogP contribution in [0, 0.1) is 0 Å². The molecule has 0 atom stereocenters. The van der Waals surface area contributed by atoms with Crippen molar-refractivity contribution in [2.24, 2.45) is 7.05 Å². The fourth-order valence-corrected chi connectivity index (χ4v) is 1.92. The predicted molar refractivity (Wildman–Crippen MR) is 71.1 cm³/mol. The van der Waals surface area contributed by atoms with Crippen molar-refractivity contribution in [2.45, 2.75) is 0 Å². The molecule has 0 spiro atoms. The van der Waals surface area contributed by atoms with Gasteiger partial charge in [-0.25, -0.2) is 4.79 Å². The molecule has 6 nitrogen and oxygen atoms in total. The van der Waals surface area contributed by atoms with Crippen molar-refractivity contribution in [3.05, 3.63) is 48.5 Å². The summed E-state index contributed by atoms with van der Waals surface area (Å²) in [5, 5.41) is 16.7. The number of aromatic nitrogens is 3. The van der Waals surface area contributed by atoms with Gasteiger partial charge in [-0.05, 0) is 5.56 Å². The number of benzene rings is 1. The molecular weight excluding hydrogens is 258 g/mol. The second kappa shape index (κ2) is 4.65. The van der Waals surface area contributed by atoms with Crippen molar-refractivity contribution in [3.8, 4) is 22.4 Å². The molecule has 6 heteroatoms. The van der Waals surface area contributed by atoms with Gasteiger partial charge in [-0.3, -0.25) is 4.68 Å². The monoisotopic (exact) mass is 269 g/mol. The molecule has 20 heavy (non-hydrogen) atoms. The molecule has 0 aliphatic carbocycles. The smallest absolute Gasteiger partial charge is 0.374 e. The Balaban J connectivity index is 1.90. The van der Waals surface area contributed by atoms with Crippen molar-refractivity contribution in [2.75, 3.05) is 0 Å². The number of aromatic carboxylic acids is 1. The molecule has 0 aliphatic heterocycles. The lowest BCUT2D eigenvalue weighted by molar-refractivity contribution is 0.0652. The molecule has 3 aromatic rings. The van der Waals surface area contributed by atoms with Crippen molar-refractivity contribution in [1.29, 1.82) is 0 Å². The van der Waals surface area contributed by atoms with E-state index in [-0.39, 0.29) is 5.76 Å². The molecule has 0 bridgehead atoms. The SMILES string of the molecule is Cn1cc(-c2ccc(-c3cc(C(=O)O)on3)cc2)cn1. The Kier molecular flexibility index (Phi) is 2.83. The highest BCUT2D eigenvalue weighted by Gasteiger charge is 2.12. The summed E-state index contributed by atoms with van der Waals surface area (Å²) in [6.45, 7) is 0. The van der Waals surface area contributed by atoms with E-state index in [0.717, 1.165) is 16.7 Å². The Morgan fingerprint density at radius 2 is 1.90 bits per heavy atom. The fraction of sp³-hybridized carbons (Fsp3) is 0.0714. The molecule has 100 valence electrons. The van der Waals surface area contributed by atoms with Gasteiger partial charge >= 0.3 is 5.97 Å². The number of hydrogen-bond donors (Lipinski definition) is 1. The van der Waals surface area contributed by atoms with Gasteiger partial charge in [0.15, 0.2) is 0 Å². The Labute approximate surface area is 114 Å². The lowest BCUT2D eigenvalue weighted by Gasteiger charge is -1.99. The van der Waals surface area contributed by atoms with Crippen molar-refractivity contribution < 1.29 is 14.4 Å². The zero-order chi connectivity index (χ0) is 14.1. The highest BCUT2D eigenvalue weighted by Crippen LogP contribution is 2.24. The van der Waals surface area contributed by atoms with Gasteiger partial charge in [-0.2, -0.15) is 5.10 Å². The van der Waals surface area contributed by atoms with Gasteiger partial charge in [-0.1, -0.05) is 29.4 Å². The molecule has 2 heterocycles. The van der Waals surface area contributed by atoms with E-state index in [1.807, 2.05) is 37.5 Å². The first-order valence-corrected chi connectivity index (χ1v) is 5.93. The number of carbonyl (C=O) groups is 1. The Bertz CT molecular complexity index is 756. The predicted octanol–water partition coefficient (Wildman–Crippen LogP) is 2.44. The van der Waals surface area contributed by atoms with Crippen LogP contribution < -0.4 is 0 Å². The van der Waals surface area contributed by atoms with Crippen LogP contribution in [0.25, 0.3) is 22.4 Å². The zero-order valence-corrected chi connectivity index (χ0v) is 10.6. The number of aryl methyl sites for hydroxylation is 1. The minimum atomic E-state index is -1.13. The summed E-state index contributed by atoms with van der Waals surface area (Å²) in [6.07, 6.45) is 3.71. The number of nitrogens with zero attached hydrogens (tertiary/aromatic N) is 3. The van der Waals surface area contributed by atoms with Crippen LogP contribution in [-0.4, -0.2) is 26.0 Å². The van der Waals surface area contributed by atoms with Crippen LogP contribution in [0.1, 0.15) is 10.6 Å². The van der Waals surface area contributed by atoms with Crippen molar-refractivity contribution >= 4 is 5.97 Å². The lowest BCUT2D eigenvalue weighted by atomic mass is 10.1. The third kappa shape index (κ3) is 2.18. The highest BCUT2D eigenvalue weighted by atomic mass is 16.5. The van der Waals surface area contributed by atoms with Gasteiger partial charge in [0.25, 0.3) is 0 Å². The Hall–Kier alpha value is -2.89. The second-order valence-corrected chi connectivity index (χ2v) is 4.36. The van der Waals surface area contributed by atoms with E-state index < -0.39 is 5.97 Å². The summed E-state index contributed by atoms with van der Waals surface area (Å²) in [5.74, 6) is -1.30. The minimum absolute atomic E-state index is 0.170. The molecule has 0 fully saturated rings. The maximum atomic E-state index is 10.7. The first kappa shape index (κ1) is 12.2. The average molecular weight is 269 g/mol. The van der Waals surface area contributed by atoms with Gasteiger partial charge in [0.1, 0.15) is 5.69 Å². The molecule has 0 amide bonds. The van der Waals surface area contributed by atoms with Gasteiger partial charge in [0, 0.05) is 30.4 Å². The van der Waals surface area contributed by atoms with Crippen LogP contribution in [0.3, 0.4) is 0 Å². The molecule has 0 aliphatic rings. The van der Waals surface area contributed by atoms with Crippen LogP contribution in [0.5, 0.6) is 0 Å². The van der Waals surface area contributed by atoms with E-state index in [4.69, 9.17) is 9.63 Å². The third-order valence-electron chi connectivity index (χ3n) is 2.94. The summed E-state index contributed by atoms with van der Waals surface area (Å²) in [7, 11) is 1.86. The number of carboxylic acid groups (broad SMARTS) is 1. The van der Waals surface area contributed by atoms with Crippen LogP contribution in [-0.2, 0) is 7.05 Å². The summed E-state index contributed by atoms with van der Waals surface area (Å²) in [4.78, 5) is 10.7. The maximum Gasteiger partial charge on any atom is 0.374 e. The third-order valence-corrected chi connectivity index (χ3v) is 2.94. The molecule has 0 saturated heterocycles. The minimum Gasteiger partial charge on any atom is -0.475 e. The summed E-state index contributed by atoms with van der Waals surface area (Å²) in [6, 6.07) is 9.00. The maximum absolute atomic E-state index is 10.7. The van der Waals surface area contributed by atoms with Crippen LogP contribution in [0.4, 0.5) is 0 Å². The van der Waals surface area contributed by atoms with E-state index in [0.29, 0.717) is 5.69 Å². The highest BCUT2D eigenvalue weighted by molar-refractivity contribution is 5.85. The average Bonchev–Trinajstić information content (AvgIpc) is 3.08. The van der Waals surface area contributed by atoms with Crippen molar-refractivity contribution in [3.63, 3.8) is 0 Å². The first-order valence-electron chi connectivity index (χ1n) is 5.93. The summed E-state index contributed by atoms with van der Waals surface area (Å²) >= 11 is 0.